The minimum absolute atomic E-state index is 0.468. The van der Waals surface area contributed by atoms with Gasteiger partial charge in [0, 0.05) is 17.8 Å². The van der Waals surface area contributed by atoms with Gasteiger partial charge in [-0.15, -0.1) is 0 Å². The van der Waals surface area contributed by atoms with E-state index < -0.39 is 0 Å². The zero-order valence-electron chi connectivity index (χ0n) is 11.0. The summed E-state index contributed by atoms with van der Waals surface area (Å²) in [7, 11) is 0. The van der Waals surface area contributed by atoms with E-state index in [1.54, 1.807) is 0 Å². The summed E-state index contributed by atoms with van der Waals surface area (Å²) < 4.78 is 0. The van der Waals surface area contributed by atoms with Crippen molar-refractivity contribution in [2.24, 2.45) is 11.1 Å². The fourth-order valence-electron chi connectivity index (χ4n) is 2.92. The molecule has 0 saturated heterocycles. The summed E-state index contributed by atoms with van der Waals surface area (Å²) >= 11 is 5.09. The Morgan fingerprint density at radius 3 is 2.61 bits per heavy atom. The quantitative estimate of drug-likeness (QED) is 0.795. The fourth-order valence-corrected chi connectivity index (χ4v) is 3.09. The van der Waals surface area contributed by atoms with Crippen molar-refractivity contribution in [3.63, 3.8) is 0 Å². The topological polar surface area (TPSA) is 38.0 Å². The maximum atomic E-state index is 5.76. The molecule has 2 nitrogen and oxygen atoms in total. The Kier molecular flexibility index (Phi) is 4.23. The van der Waals surface area contributed by atoms with Crippen molar-refractivity contribution >= 4 is 22.9 Å². The zero-order valence-corrected chi connectivity index (χ0v) is 11.9. The molecule has 98 valence electrons. The molecule has 3 N–H and O–H groups in total. The van der Waals surface area contributed by atoms with Gasteiger partial charge in [0.1, 0.15) is 4.99 Å². The molecule has 0 bridgehead atoms. The van der Waals surface area contributed by atoms with Crippen molar-refractivity contribution in [1.29, 1.82) is 0 Å². The first-order chi connectivity index (χ1) is 8.67. The Morgan fingerprint density at radius 2 is 2.00 bits per heavy atom. The Bertz CT molecular complexity index is 422. The van der Waals surface area contributed by atoms with Crippen molar-refractivity contribution in [3.8, 4) is 0 Å². The van der Waals surface area contributed by atoms with Crippen LogP contribution in [0.3, 0.4) is 0 Å². The van der Waals surface area contributed by atoms with Crippen LogP contribution < -0.4 is 11.1 Å². The third-order valence-corrected chi connectivity index (χ3v) is 4.48. The standard InChI is InChI=1S/C15H22N2S/c1-2-15(9-5-6-10-15)11-17-13-8-4-3-7-12(13)14(16)18/h3-4,7-8,17H,2,5-6,9-11H2,1H3,(H2,16,18). The molecule has 1 aromatic rings. The first kappa shape index (κ1) is 13.3. The molecule has 0 heterocycles. The van der Waals surface area contributed by atoms with Gasteiger partial charge in [0.05, 0.1) is 0 Å². The van der Waals surface area contributed by atoms with Gasteiger partial charge in [-0.25, -0.2) is 0 Å². The van der Waals surface area contributed by atoms with E-state index in [1.807, 2.05) is 18.2 Å². The van der Waals surface area contributed by atoms with Crippen LogP contribution >= 0.6 is 12.2 Å². The van der Waals surface area contributed by atoms with E-state index in [1.165, 1.54) is 32.1 Å². The van der Waals surface area contributed by atoms with Crippen LogP contribution in [0.1, 0.15) is 44.6 Å². The van der Waals surface area contributed by atoms with E-state index in [-0.39, 0.29) is 0 Å². The van der Waals surface area contributed by atoms with E-state index in [4.69, 9.17) is 18.0 Å². The van der Waals surface area contributed by atoms with Crippen molar-refractivity contribution in [3.05, 3.63) is 29.8 Å². The molecular formula is C15H22N2S. The Hall–Kier alpha value is -1.09. The van der Waals surface area contributed by atoms with E-state index in [9.17, 15) is 0 Å². The number of hydrogen-bond donors (Lipinski definition) is 2. The van der Waals surface area contributed by atoms with Crippen LogP contribution in [0.2, 0.25) is 0 Å². The Morgan fingerprint density at radius 1 is 1.33 bits per heavy atom. The molecule has 0 aliphatic heterocycles. The van der Waals surface area contributed by atoms with Crippen molar-refractivity contribution in [2.45, 2.75) is 39.0 Å². The van der Waals surface area contributed by atoms with Crippen LogP contribution in [0.5, 0.6) is 0 Å². The van der Waals surface area contributed by atoms with E-state index in [0.29, 0.717) is 10.4 Å². The van der Waals surface area contributed by atoms with Crippen LogP contribution in [-0.2, 0) is 0 Å². The summed E-state index contributed by atoms with van der Waals surface area (Å²) in [5.41, 5.74) is 8.26. The zero-order chi connectivity index (χ0) is 13.0. The van der Waals surface area contributed by atoms with Gasteiger partial charge in [-0.1, -0.05) is 44.1 Å². The minimum atomic E-state index is 0.468. The monoisotopic (exact) mass is 262 g/mol. The van der Waals surface area contributed by atoms with Gasteiger partial charge in [0.25, 0.3) is 0 Å². The molecule has 3 heteroatoms. The highest BCUT2D eigenvalue weighted by molar-refractivity contribution is 7.80. The second kappa shape index (κ2) is 5.70. The second-order valence-corrected chi connectivity index (χ2v) is 5.76. The predicted molar refractivity (Wildman–Crippen MR) is 82.0 cm³/mol. The lowest BCUT2D eigenvalue weighted by atomic mass is 9.83. The third-order valence-electron chi connectivity index (χ3n) is 4.26. The van der Waals surface area contributed by atoms with Crippen LogP contribution in [0.4, 0.5) is 5.69 Å². The summed E-state index contributed by atoms with van der Waals surface area (Å²) in [6, 6.07) is 8.05. The first-order valence-corrected chi connectivity index (χ1v) is 7.20. The summed E-state index contributed by atoms with van der Waals surface area (Å²) in [6.45, 7) is 3.33. The maximum absolute atomic E-state index is 5.76. The SMILES string of the molecule is CCC1(CNc2ccccc2C(N)=S)CCCC1. The Balaban J connectivity index is 2.08. The Labute approximate surface area is 115 Å². The fraction of sp³-hybridized carbons (Fsp3) is 0.533. The van der Waals surface area contributed by atoms with Gasteiger partial charge in [-0.3, -0.25) is 0 Å². The number of para-hydroxylation sites is 1. The molecule has 18 heavy (non-hydrogen) atoms. The molecule has 1 aliphatic carbocycles. The normalized spacial score (nSPS) is 17.6. The first-order valence-electron chi connectivity index (χ1n) is 6.80. The lowest BCUT2D eigenvalue weighted by Crippen LogP contribution is -2.26. The van der Waals surface area contributed by atoms with Gasteiger partial charge in [-0.2, -0.15) is 0 Å². The van der Waals surface area contributed by atoms with Crippen molar-refractivity contribution in [2.75, 3.05) is 11.9 Å². The largest absolute Gasteiger partial charge is 0.389 e. The summed E-state index contributed by atoms with van der Waals surface area (Å²) in [5.74, 6) is 0. The molecule has 0 aromatic heterocycles. The van der Waals surface area contributed by atoms with E-state index in [2.05, 4.69) is 18.3 Å². The highest BCUT2D eigenvalue weighted by atomic mass is 32.1. The molecular weight excluding hydrogens is 240 g/mol. The molecule has 1 aromatic carbocycles. The summed E-state index contributed by atoms with van der Waals surface area (Å²) in [5, 5.41) is 3.56. The van der Waals surface area contributed by atoms with Crippen LogP contribution in [0, 0.1) is 5.41 Å². The van der Waals surface area contributed by atoms with E-state index >= 15 is 0 Å². The van der Waals surface area contributed by atoms with Crippen molar-refractivity contribution in [1.82, 2.24) is 0 Å². The molecule has 1 aliphatic rings. The smallest absolute Gasteiger partial charge is 0.106 e. The van der Waals surface area contributed by atoms with Gasteiger partial charge in [0.15, 0.2) is 0 Å². The second-order valence-electron chi connectivity index (χ2n) is 5.32. The molecule has 0 unspecified atom stereocenters. The molecule has 0 radical (unpaired) electrons. The van der Waals surface area contributed by atoms with Crippen LogP contribution in [0.15, 0.2) is 24.3 Å². The lowest BCUT2D eigenvalue weighted by molar-refractivity contribution is 0.307. The highest BCUT2D eigenvalue weighted by Gasteiger charge is 2.31. The van der Waals surface area contributed by atoms with Crippen LogP contribution in [-0.4, -0.2) is 11.5 Å². The average Bonchev–Trinajstić information content (AvgIpc) is 2.86. The van der Waals surface area contributed by atoms with Gasteiger partial charge in [-0.05, 0) is 36.8 Å². The predicted octanol–water partition coefficient (Wildman–Crippen LogP) is 3.70. The average molecular weight is 262 g/mol. The maximum Gasteiger partial charge on any atom is 0.106 e. The summed E-state index contributed by atoms with van der Waals surface area (Å²) in [6.07, 6.45) is 6.66. The van der Waals surface area contributed by atoms with E-state index in [0.717, 1.165) is 17.8 Å². The highest BCUT2D eigenvalue weighted by Crippen LogP contribution is 2.41. The molecule has 0 atom stereocenters. The summed E-state index contributed by atoms with van der Waals surface area (Å²) in [4.78, 5) is 0.468. The number of nitrogens with two attached hydrogens (primary N) is 1. The minimum Gasteiger partial charge on any atom is -0.389 e. The number of benzene rings is 1. The number of hydrogen-bond acceptors (Lipinski definition) is 2. The third kappa shape index (κ3) is 2.83. The lowest BCUT2D eigenvalue weighted by Gasteiger charge is -2.28. The molecule has 1 fully saturated rings. The number of nitrogens with one attached hydrogen (secondary N) is 1. The van der Waals surface area contributed by atoms with Crippen LogP contribution in [0.25, 0.3) is 0 Å². The number of rotatable bonds is 5. The molecule has 2 rings (SSSR count). The molecule has 1 saturated carbocycles. The van der Waals surface area contributed by atoms with Gasteiger partial charge in [0.2, 0.25) is 0 Å². The van der Waals surface area contributed by atoms with Crippen molar-refractivity contribution < 1.29 is 0 Å². The number of thiocarbonyl (C=S) groups is 1. The van der Waals surface area contributed by atoms with Gasteiger partial charge >= 0.3 is 0 Å². The van der Waals surface area contributed by atoms with Gasteiger partial charge < -0.3 is 11.1 Å². The number of anilines is 1. The molecule has 0 spiro atoms. The molecule has 0 amide bonds.